The van der Waals surface area contributed by atoms with Crippen molar-refractivity contribution in [1.29, 1.82) is 0 Å². The molecule has 1 aromatic rings. The van der Waals surface area contributed by atoms with Gasteiger partial charge in [-0.3, -0.25) is 0 Å². The zero-order valence-corrected chi connectivity index (χ0v) is 12.0. The van der Waals surface area contributed by atoms with Crippen molar-refractivity contribution in [3.8, 4) is 0 Å². The Bertz CT molecular complexity index is 601. The predicted octanol–water partition coefficient (Wildman–Crippen LogP) is 0.361. The van der Waals surface area contributed by atoms with Gasteiger partial charge in [-0.15, -0.1) is 0 Å². The van der Waals surface area contributed by atoms with E-state index in [2.05, 4.69) is 10.3 Å². The largest absolute Gasteiger partial charge is 0.363 e. The number of hydrogen-bond donors (Lipinski definition) is 1. The van der Waals surface area contributed by atoms with E-state index in [1.165, 1.54) is 10.4 Å². The van der Waals surface area contributed by atoms with Gasteiger partial charge in [0, 0.05) is 31.2 Å². The summed E-state index contributed by atoms with van der Waals surface area (Å²) in [5.74, 6) is -0.370. The fourth-order valence-electron chi connectivity index (χ4n) is 2.09. The lowest BCUT2D eigenvalue weighted by atomic mass is 10.2. The highest BCUT2D eigenvalue weighted by Gasteiger charge is 2.34. The molecule has 0 spiro atoms. The SMILES string of the molecule is CC1CN(S(=O)(=O)c2ccc([N+](=O)[O-])nc2)C(C)CN1. The Labute approximate surface area is 117 Å². The fourth-order valence-corrected chi connectivity index (χ4v) is 3.76. The van der Waals surface area contributed by atoms with E-state index in [-0.39, 0.29) is 22.8 Å². The summed E-state index contributed by atoms with van der Waals surface area (Å²) in [5, 5.41) is 13.7. The lowest BCUT2D eigenvalue weighted by Crippen LogP contribution is -2.56. The van der Waals surface area contributed by atoms with Crippen molar-refractivity contribution < 1.29 is 13.3 Å². The van der Waals surface area contributed by atoms with Gasteiger partial charge < -0.3 is 15.4 Å². The van der Waals surface area contributed by atoms with E-state index in [4.69, 9.17) is 0 Å². The minimum Gasteiger partial charge on any atom is -0.358 e. The maximum atomic E-state index is 12.5. The second-order valence-electron chi connectivity index (χ2n) is 4.84. The Hall–Kier alpha value is -1.58. The number of nitrogens with one attached hydrogen (secondary N) is 1. The minimum atomic E-state index is -3.68. The number of nitrogens with zero attached hydrogens (tertiary/aromatic N) is 3. The number of hydrogen-bond acceptors (Lipinski definition) is 6. The molecule has 0 radical (unpaired) electrons. The van der Waals surface area contributed by atoms with Gasteiger partial charge in [-0.1, -0.05) is 0 Å². The van der Waals surface area contributed by atoms with Crippen LogP contribution in [0.15, 0.2) is 23.2 Å². The van der Waals surface area contributed by atoms with Crippen LogP contribution in [0.1, 0.15) is 13.8 Å². The highest BCUT2D eigenvalue weighted by molar-refractivity contribution is 7.89. The van der Waals surface area contributed by atoms with Crippen molar-refractivity contribution in [2.24, 2.45) is 0 Å². The van der Waals surface area contributed by atoms with Crippen LogP contribution in [0.25, 0.3) is 0 Å². The van der Waals surface area contributed by atoms with E-state index in [0.717, 1.165) is 12.3 Å². The molecule has 2 heterocycles. The van der Waals surface area contributed by atoms with Crippen LogP contribution in [-0.4, -0.2) is 47.8 Å². The summed E-state index contributed by atoms with van der Waals surface area (Å²) in [6.07, 6.45) is 1.03. The number of nitro groups is 1. The van der Waals surface area contributed by atoms with E-state index >= 15 is 0 Å². The van der Waals surface area contributed by atoms with E-state index in [1.807, 2.05) is 13.8 Å². The van der Waals surface area contributed by atoms with Crippen LogP contribution < -0.4 is 5.32 Å². The molecule has 1 aliphatic rings. The van der Waals surface area contributed by atoms with Gasteiger partial charge in [0.25, 0.3) is 0 Å². The summed E-state index contributed by atoms with van der Waals surface area (Å²) in [6, 6.07) is 2.21. The maximum Gasteiger partial charge on any atom is 0.363 e. The van der Waals surface area contributed by atoms with E-state index in [1.54, 1.807) is 0 Å². The van der Waals surface area contributed by atoms with E-state index < -0.39 is 14.9 Å². The van der Waals surface area contributed by atoms with Crippen molar-refractivity contribution in [2.75, 3.05) is 13.1 Å². The topological polar surface area (TPSA) is 105 Å². The molecule has 0 amide bonds. The molecule has 0 aliphatic carbocycles. The number of rotatable bonds is 3. The smallest absolute Gasteiger partial charge is 0.358 e. The minimum absolute atomic E-state index is 0.0240. The number of aromatic nitrogens is 1. The monoisotopic (exact) mass is 300 g/mol. The van der Waals surface area contributed by atoms with Gasteiger partial charge >= 0.3 is 5.82 Å². The van der Waals surface area contributed by atoms with Crippen molar-refractivity contribution in [3.05, 3.63) is 28.4 Å². The number of piperazine rings is 1. The molecule has 0 aromatic carbocycles. The molecule has 1 saturated heterocycles. The Morgan fingerprint density at radius 3 is 2.70 bits per heavy atom. The molecule has 9 heteroatoms. The van der Waals surface area contributed by atoms with Crippen LogP contribution in [0.4, 0.5) is 5.82 Å². The molecule has 1 N–H and O–H groups in total. The first-order valence-corrected chi connectivity index (χ1v) is 7.62. The molecule has 20 heavy (non-hydrogen) atoms. The zero-order chi connectivity index (χ0) is 14.9. The molecule has 1 aromatic heterocycles. The van der Waals surface area contributed by atoms with E-state index in [0.29, 0.717) is 13.1 Å². The van der Waals surface area contributed by atoms with Crippen LogP contribution in [0.3, 0.4) is 0 Å². The number of pyridine rings is 1. The molecule has 0 bridgehead atoms. The highest BCUT2D eigenvalue weighted by Crippen LogP contribution is 2.21. The summed E-state index contributed by atoms with van der Waals surface area (Å²) < 4.78 is 26.4. The first-order valence-electron chi connectivity index (χ1n) is 6.18. The van der Waals surface area contributed by atoms with Gasteiger partial charge in [0.1, 0.15) is 4.90 Å². The third kappa shape index (κ3) is 2.79. The molecule has 2 atom stereocenters. The average Bonchev–Trinajstić information content (AvgIpc) is 2.41. The summed E-state index contributed by atoms with van der Waals surface area (Å²) in [4.78, 5) is 13.4. The van der Waals surface area contributed by atoms with Crippen LogP contribution in [0, 0.1) is 10.1 Å². The maximum absolute atomic E-state index is 12.5. The normalized spacial score (nSPS) is 24.5. The lowest BCUT2D eigenvalue weighted by Gasteiger charge is -2.36. The third-order valence-corrected chi connectivity index (χ3v) is 5.19. The Morgan fingerprint density at radius 1 is 1.45 bits per heavy atom. The standard InChI is InChI=1S/C11H16N4O4S/c1-8-7-14(9(2)5-12-8)20(18,19)10-3-4-11(13-6-10)15(16)17/h3-4,6,8-9,12H,5,7H2,1-2H3. The van der Waals surface area contributed by atoms with Gasteiger partial charge in [-0.2, -0.15) is 4.31 Å². The van der Waals surface area contributed by atoms with Crippen LogP contribution in [-0.2, 0) is 10.0 Å². The summed E-state index contributed by atoms with van der Waals surface area (Å²) in [5.41, 5.74) is 0. The Kier molecular flexibility index (Phi) is 4.02. The number of sulfonamides is 1. The second-order valence-corrected chi connectivity index (χ2v) is 6.73. The van der Waals surface area contributed by atoms with Gasteiger partial charge in [-0.05, 0) is 29.8 Å². The Balaban J connectivity index is 2.31. The molecule has 8 nitrogen and oxygen atoms in total. The van der Waals surface area contributed by atoms with Gasteiger partial charge in [0.15, 0.2) is 6.20 Å². The van der Waals surface area contributed by atoms with Crippen LogP contribution in [0.5, 0.6) is 0 Å². The quantitative estimate of drug-likeness (QED) is 0.638. The highest BCUT2D eigenvalue weighted by atomic mass is 32.2. The molecular formula is C11H16N4O4S. The van der Waals surface area contributed by atoms with Crippen LogP contribution in [0.2, 0.25) is 0 Å². The third-order valence-electron chi connectivity index (χ3n) is 3.22. The summed E-state index contributed by atoms with van der Waals surface area (Å²) >= 11 is 0. The summed E-state index contributed by atoms with van der Waals surface area (Å²) in [6.45, 7) is 4.65. The molecule has 1 fully saturated rings. The fraction of sp³-hybridized carbons (Fsp3) is 0.545. The van der Waals surface area contributed by atoms with E-state index in [9.17, 15) is 18.5 Å². The molecular weight excluding hydrogens is 284 g/mol. The predicted molar refractivity (Wildman–Crippen MR) is 71.7 cm³/mol. The van der Waals surface area contributed by atoms with Gasteiger partial charge in [0.05, 0.1) is 0 Å². The van der Waals surface area contributed by atoms with Crippen LogP contribution >= 0.6 is 0 Å². The van der Waals surface area contributed by atoms with Crippen molar-refractivity contribution in [3.63, 3.8) is 0 Å². The molecule has 110 valence electrons. The second kappa shape index (κ2) is 5.43. The molecule has 0 saturated carbocycles. The molecule has 2 rings (SSSR count). The molecule has 1 aliphatic heterocycles. The van der Waals surface area contributed by atoms with Crippen molar-refractivity contribution >= 4 is 15.8 Å². The van der Waals surface area contributed by atoms with Gasteiger partial charge in [-0.25, -0.2) is 8.42 Å². The zero-order valence-electron chi connectivity index (χ0n) is 11.2. The first-order chi connectivity index (χ1) is 9.32. The molecule has 2 unspecified atom stereocenters. The van der Waals surface area contributed by atoms with Gasteiger partial charge in [0.2, 0.25) is 10.0 Å². The van der Waals surface area contributed by atoms with Crippen molar-refractivity contribution in [1.82, 2.24) is 14.6 Å². The van der Waals surface area contributed by atoms with Crippen molar-refractivity contribution in [2.45, 2.75) is 30.8 Å². The Morgan fingerprint density at radius 2 is 2.15 bits per heavy atom. The first kappa shape index (κ1) is 14.8. The average molecular weight is 300 g/mol. The lowest BCUT2D eigenvalue weighted by molar-refractivity contribution is -0.389. The summed E-state index contributed by atoms with van der Waals surface area (Å²) in [7, 11) is -3.68.